The molecular weight excluding hydrogens is 260 g/mol. The Balaban J connectivity index is 2.29. The number of hydrogen-bond donors (Lipinski definition) is 0. The van der Waals surface area contributed by atoms with Gasteiger partial charge < -0.3 is 9.15 Å². The maximum atomic E-state index is 11.9. The molecule has 2 heterocycles. The molecule has 2 aromatic heterocycles. The van der Waals surface area contributed by atoms with Crippen LogP contribution in [0.5, 0.6) is 0 Å². The third-order valence-electron chi connectivity index (χ3n) is 2.94. The molecular formula is C13H18N4O3. The van der Waals surface area contributed by atoms with E-state index in [1.807, 2.05) is 13.8 Å². The van der Waals surface area contributed by atoms with E-state index in [9.17, 15) is 4.79 Å². The van der Waals surface area contributed by atoms with Crippen molar-refractivity contribution in [3.05, 3.63) is 29.2 Å². The molecule has 2 aromatic rings. The fourth-order valence-electron chi connectivity index (χ4n) is 1.92. The van der Waals surface area contributed by atoms with Crippen LogP contribution in [0.25, 0.3) is 0 Å². The normalized spacial score (nSPS) is 10.8. The smallest absolute Gasteiger partial charge is 0.360 e. The van der Waals surface area contributed by atoms with Gasteiger partial charge in [0.2, 0.25) is 0 Å². The number of ether oxygens (including phenoxy) is 1. The van der Waals surface area contributed by atoms with Crippen molar-refractivity contribution in [3.8, 4) is 0 Å². The minimum atomic E-state index is -0.431. The van der Waals surface area contributed by atoms with Gasteiger partial charge in [-0.15, -0.1) is 5.10 Å². The summed E-state index contributed by atoms with van der Waals surface area (Å²) in [5.74, 6) is 0.305. The van der Waals surface area contributed by atoms with Crippen LogP contribution in [0.3, 0.4) is 0 Å². The van der Waals surface area contributed by atoms with Gasteiger partial charge in [0.05, 0.1) is 18.8 Å². The highest BCUT2D eigenvalue weighted by molar-refractivity contribution is 5.88. The van der Waals surface area contributed by atoms with Gasteiger partial charge in [-0.05, 0) is 20.3 Å². The van der Waals surface area contributed by atoms with Gasteiger partial charge >= 0.3 is 5.97 Å². The van der Waals surface area contributed by atoms with Crippen molar-refractivity contribution in [2.75, 3.05) is 6.61 Å². The van der Waals surface area contributed by atoms with E-state index in [1.54, 1.807) is 11.6 Å². The number of nitrogens with zero attached hydrogens (tertiary/aromatic N) is 4. The van der Waals surface area contributed by atoms with E-state index in [0.29, 0.717) is 19.6 Å². The molecule has 0 radical (unpaired) electrons. The Morgan fingerprint density at radius 2 is 2.25 bits per heavy atom. The van der Waals surface area contributed by atoms with Crippen molar-refractivity contribution in [1.82, 2.24) is 20.0 Å². The van der Waals surface area contributed by atoms with E-state index >= 15 is 0 Å². The first kappa shape index (κ1) is 14.2. The maximum absolute atomic E-state index is 11.9. The Labute approximate surface area is 116 Å². The molecule has 0 aliphatic rings. The van der Waals surface area contributed by atoms with Gasteiger partial charge in [0.1, 0.15) is 11.5 Å². The van der Waals surface area contributed by atoms with Crippen molar-refractivity contribution in [2.24, 2.45) is 0 Å². The Bertz CT molecular complexity index is 588. The number of hydrogen-bond acceptors (Lipinski definition) is 6. The average molecular weight is 278 g/mol. The van der Waals surface area contributed by atoms with Crippen LogP contribution in [0, 0.1) is 6.92 Å². The molecule has 20 heavy (non-hydrogen) atoms. The van der Waals surface area contributed by atoms with Gasteiger partial charge in [-0.3, -0.25) is 0 Å². The molecule has 0 saturated heterocycles. The highest BCUT2D eigenvalue weighted by atomic mass is 16.5. The number of aromatic nitrogens is 4. The lowest BCUT2D eigenvalue weighted by molar-refractivity contribution is 0.0518. The third kappa shape index (κ3) is 2.87. The zero-order chi connectivity index (χ0) is 14.5. The second-order valence-corrected chi connectivity index (χ2v) is 4.37. The summed E-state index contributed by atoms with van der Waals surface area (Å²) >= 11 is 0. The van der Waals surface area contributed by atoms with Crippen molar-refractivity contribution >= 4 is 5.97 Å². The van der Waals surface area contributed by atoms with Gasteiger partial charge in [0, 0.05) is 0 Å². The van der Waals surface area contributed by atoms with Gasteiger partial charge in [-0.2, -0.15) is 0 Å². The quantitative estimate of drug-likeness (QED) is 0.749. The number of aryl methyl sites for hydroxylation is 1. The molecule has 0 aromatic carbocycles. The highest BCUT2D eigenvalue weighted by Gasteiger charge is 2.21. The summed E-state index contributed by atoms with van der Waals surface area (Å²) < 4.78 is 11.8. The SMILES string of the molecule is CCCc1c(C(=O)OCC)nnn1Cc1ncoc1C. The first-order chi connectivity index (χ1) is 9.67. The van der Waals surface area contributed by atoms with Gasteiger partial charge in [-0.1, -0.05) is 18.6 Å². The maximum Gasteiger partial charge on any atom is 0.360 e. The lowest BCUT2D eigenvalue weighted by atomic mass is 10.2. The van der Waals surface area contributed by atoms with Gasteiger partial charge in [-0.25, -0.2) is 14.5 Å². The average Bonchev–Trinajstić information content (AvgIpc) is 2.99. The van der Waals surface area contributed by atoms with E-state index in [2.05, 4.69) is 15.3 Å². The summed E-state index contributed by atoms with van der Waals surface area (Å²) in [5.41, 5.74) is 1.84. The zero-order valence-corrected chi connectivity index (χ0v) is 11.9. The van der Waals surface area contributed by atoms with Crippen molar-refractivity contribution < 1.29 is 13.9 Å². The van der Waals surface area contributed by atoms with Gasteiger partial charge in [0.25, 0.3) is 0 Å². The number of oxazole rings is 1. The first-order valence-electron chi connectivity index (χ1n) is 6.65. The van der Waals surface area contributed by atoms with E-state index < -0.39 is 5.97 Å². The summed E-state index contributed by atoms with van der Waals surface area (Å²) in [6.07, 6.45) is 2.99. The molecule has 0 unspecified atom stereocenters. The summed E-state index contributed by atoms with van der Waals surface area (Å²) in [7, 11) is 0. The zero-order valence-electron chi connectivity index (χ0n) is 11.9. The summed E-state index contributed by atoms with van der Waals surface area (Å²) in [6.45, 7) is 6.39. The lowest BCUT2D eigenvalue weighted by Gasteiger charge is -2.05. The fourth-order valence-corrected chi connectivity index (χ4v) is 1.92. The second kappa shape index (κ2) is 6.31. The van der Waals surface area contributed by atoms with Crippen molar-refractivity contribution in [1.29, 1.82) is 0 Å². The molecule has 0 N–H and O–H groups in total. The topological polar surface area (TPSA) is 83.0 Å². The van der Waals surface area contributed by atoms with Crippen molar-refractivity contribution in [2.45, 2.75) is 40.2 Å². The van der Waals surface area contributed by atoms with Crippen LogP contribution in [-0.2, 0) is 17.7 Å². The van der Waals surface area contributed by atoms with Crippen LogP contribution in [-0.4, -0.2) is 32.6 Å². The van der Waals surface area contributed by atoms with Gasteiger partial charge in [0.15, 0.2) is 12.1 Å². The molecule has 2 rings (SSSR count). The highest BCUT2D eigenvalue weighted by Crippen LogP contribution is 2.13. The van der Waals surface area contributed by atoms with E-state index in [0.717, 1.165) is 23.6 Å². The minimum Gasteiger partial charge on any atom is -0.461 e. The molecule has 0 atom stereocenters. The summed E-state index contributed by atoms with van der Waals surface area (Å²) in [6, 6.07) is 0. The van der Waals surface area contributed by atoms with E-state index in [4.69, 9.17) is 9.15 Å². The Hall–Kier alpha value is -2.18. The largest absolute Gasteiger partial charge is 0.461 e. The molecule has 0 amide bonds. The number of esters is 1. The second-order valence-electron chi connectivity index (χ2n) is 4.37. The first-order valence-corrected chi connectivity index (χ1v) is 6.65. The number of rotatable bonds is 6. The minimum absolute atomic E-state index is 0.287. The van der Waals surface area contributed by atoms with Crippen LogP contribution in [0.2, 0.25) is 0 Å². The number of carbonyl (C=O) groups excluding carboxylic acids is 1. The molecule has 108 valence electrons. The lowest BCUT2D eigenvalue weighted by Crippen LogP contribution is -2.12. The Morgan fingerprint density at radius 3 is 2.85 bits per heavy atom. The summed E-state index contributed by atoms with van der Waals surface area (Å²) in [4.78, 5) is 16.0. The molecule has 0 aliphatic heterocycles. The molecule has 0 aliphatic carbocycles. The Kier molecular flexibility index (Phi) is 4.49. The molecule has 0 saturated carbocycles. The Morgan fingerprint density at radius 1 is 1.45 bits per heavy atom. The predicted molar refractivity (Wildman–Crippen MR) is 70.3 cm³/mol. The van der Waals surface area contributed by atoms with Crippen LogP contribution < -0.4 is 0 Å². The molecule has 0 spiro atoms. The van der Waals surface area contributed by atoms with Crippen molar-refractivity contribution in [3.63, 3.8) is 0 Å². The fraction of sp³-hybridized carbons (Fsp3) is 0.538. The van der Waals surface area contributed by atoms with Crippen LogP contribution in [0.4, 0.5) is 0 Å². The number of carbonyl (C=O) groups is 1. The molecule has 7 nitrogen and oxygen atoms in total. The predicted octanol–water partition coefficient (Wildman–Crippen LogP) is 1.75. The molecule has 7 heteroatoms. The molecule has 0 fully saturated rings. The van der Waals surface area contributed by atoms with Crippen LogP contribution in [0.1, 0.15) is 47.9 Å². The van der Waals surface area contributed by atoms with E-state index in [1.165, 1.54) is 6.39 Å². The third-order valence-corrected chi connectivity index (χ3v) is 2.94. The monoisotopic (exact) mass is 278 g/mol. The molecule has 0 bridgehead atoms. The van der Waals surface area contributed by atoms with E-state index in [-0.39, 0.29) is 5.69 Å². The summed E-state index contributed by atoms with van der Waals surface area (Å²) in [5, 5.41) is 7.98. The van der Waals surface area contributed by atoms with Crippen LogP contribution >= 0.6 is 0 Å². The standard InChI is InChI=1S/C13H18N4O3/c1-4-6-11-12(13(18)19-5-2)15-16-17(11)7-10-9(3)20-8-14-10/h8H,4-7H2,1-3H3. The van der Waals surface area contributed by atoms with Crippen LogP contribution in [0.15, 0.2) is 10.8 Å².